The van der Waals surface area contributed by atoms with Gasteiger partial charge in [0.25, 0.3) is 11.5 Å². The van der Waals surface area contributed by atoms with Gasteiger partial charge in [0.2, 0.25) is 5.88 Å². The first-order valence-corrected chi connectivity index (χ1v) is 9.63. The molecule has 1 atom stereocenters. The minimum Gasteiger partial charge on any atom is -0.497 e. The fraction of sp³-hybridized carbons (Fsp3) is 0.273. The van der Waals surface area contributed by atoms with Crippen LogP contribution in [0.3, 0.4) is 0 Å². The number of H-pyrrole nitrogens is 1. The maximum atomic E-state index is 12.9. The van der Waals surface area contributed by atoms with E-state index in [1.54, 1.807) is 48.5 Å². The summed E-state index contributed by atoms with van der Waals surface area (Å²) in [5, 5.41) is 0. The summed E-state index contributed by atoms with van der Waals surface area (Å²) >= 11 is 0. The molecule has 3 aromatic rings. The normalized spacial score (nSPS) is 15.8. The zero-order valence-electron chi connectivity index (χ0n) is 16.8. The van der Waals surface area contributed by atoms with Crippen molar-refractivity contribution in [2.75, 3.05) is 27.3 Å². The zero-order valence-corrected chi connectivity index (χ0v) is 16.8. The molecule has 1 fully saturated rings. The van der Waals surface area contributed by atoms with Crippen LogP contribution in [0, 0.1) is 0 Å². The third-order valence-corrected chi connectivity index (χ3v) is 5.18. The summed E-state index contributed by atoms with van der Waals surface area (Å²) in [5.74, 6) is 1.48. The van der Waals surface area contributed by atoms with Gasteiger partial charge in [0, 0.05) is 36.8 Å². The molecule has 8 heteroatoms. The number of methoxy groups -OCH3 is 2. The van der Waals surface area contributed by atoms with Gasteiger partial charge in [0.05, 0.1) is 25.5 Å². The van der Waals surface area contributed by atoms with Crippen molar-refractivity contribution in [3.8, 4) is 22.9 Å². The van der Waals surface area contributed by atoms with Crippen LogP contribution in [0.5, 0.6) is 11.6 Å². The lowest BCUT2D eigenvalue weighted by molar-refractivity contribution is 0.0790. The largest absolute Gasteiger partial charge is 0.497 e. The Morgan fingerprint density at radius 2 is 2.03 bits per heavy atom. The first-order valence-electron chi connectivity index (χ1n) is 9.63. The van der Waals surface area contributed by atoms with Gasteiger partial charge in [-0.05, 0) is 36.8 Å². The second kappa shape index (κ2) is 8.36. The number of ether oxygens (including phenoxy) is 2. The number of pyridine rings is 1. The first kappa shape index (κ1) is 19.6. The van der Waals surface area contributed by atoms with E-state index in [-0.39, 0.29) is 17.4 Å². The van der Waals surface area contributed by atoms with Crippen molar-refractivity contribution in [2.45, 2.75) is 12.3 Å². The summed E-state index contributed by atoms with van der Waals surface area (Å²) in [4.78, 5) is 38.6. The average Bonchev–Trinajstić information content (AvgIpc) is 3.28. The molecule has 1 aromatic carbocycles. The van der Waals surface area contributed by atoms with Crippen LogP contribution in [0.4, 0.5) is 0 Å². The molecular weight excluding hydrogens is 384 g/mol. The number of hydrogen-bond acceptors (Lipinski definition) is 6. The standard InChI is InChI=1S/C22H22N4O4/c1-29-16-6-3-5-14(11-16)22(28)26-10-8-15(13-26)20-24-18(12-19(27)25-20)17-7-4-9-23-21(17)30-2/h3-7,9,11-12,15H,8,10,13H2,1-2H3,(H,24,25,27)/t15-/m0/s1. The smallest absolute Gasteiger partial charge is 0.254 e. The molecule has 0 saturated carbocycles. The summed E-state index contributed by atoms with van der Waals surface area (Å²) in [5.41, 5.74) is 1.47. The van der Waals surface area contributed by atoms with E-state index in [1.165, 1.54) is 13.2 Å². The van der Waals surface area contributed by atoms with Gasteiger partial charge < -0.3 is 19.4 Å². The van der Waals surface area contributed by atoms with E-state index in [2.05, 4.69) is 15.0 Å². The molecule has 3 heterocycles. The van der Waals surface area contributed by atoms with Gasteiger partial charge in [0.15, 0.2) is 0 Å². The van der Waals surface area contributed by atoms with Gasteiger partial charge in [-0.2, -0.15) is 0 Å². The molecule has 2 aromatic heterocycles. The molecule has 1 saturated heterocycles. The van der Waals surface area contributed by atoms with Crippen molar-refractivity contribution in [2.24, 2.45) is 0 Å². The highest BCUT2D eigenvalue weighted by Gasteiger charge is 2.30. The van der Waals surface area contributed by atoms with Gasteiger partial charge >= 0.3 is 0 Å². The summed E-state index contributed by atoms with van der Waals surface area (Å²) in [6.07, 6.45) is 2.34. The topological polar surface area (TPSA) is 97.4 Å². The Morgan fingerprint density at radius 3 is 2.83 bits per heavy atom. The number of rotatable bonds is 5. The van der Waals surface area contributed by atoms with Crippen molar-refractivity contribution in [1.29, 1.82) is 0 Å². The van der Waals surface area contributed by atoms with E-state index in [0.717, 1.165) is 0 Å². The second-order valence-electron chi connectivity index (χ2n) is 7.04. The lowest BCUT2D eigenvalue weighted by Gasteiger charge is -2.17. The molecule has 154 valence electrons. The van der Waals surface area contributed by atoms with Crippen LogP contribution in [-0.2, 0) is 0 Å². The van der Waals surface area contributed by atoms with E-state index >= 15 is 0 Å². The Kier molecular flexibility index (Phi) is 5.47. The fourth-order valence-electron chi connectivity index (χ4n) is 3.66. The average molecular weight is 406 g/mol. The molecule has 1 aliphatic rings. The molecule has 1 amide bonds. The lowest BCUT2D eigenvalue weighted by Crippen LogP contribution is -2.28. The minimum absolute atomic E-state index is 0.0603. The molecule has 0 aliphatic carbocycles. The predicted octanol–water partition coefficient (Wildman–Crippen LogP) is 2.48. The van der Waals surface area contributed by atoms with Crippen molar-refractivity contribution in [1.82, 2.24) is 19.9 Å². The maximum absolute atomic E-state index is 12.9. The molecule has 8 nitrogen and oxygen atoms in total. The molecule has 0 spiro atoms. The predicted molar refractivity (Wildman–Crippen MR) is 111 cm³/mol. The Balaban J connectivity index is 1.58. The van der Waals surface area contributed by atoms with Crippen molar-refractivity contribution in [3.63, 3.8) is 0 Å². The molecule has 4 rings (SSSR count). The van der Waals surface area contributed by atoms with Crippen molar-refractivity contribution in [3.05, 3.63) is 70.4 Å². The van der Waals surface area contributed by atoms with Gasteiger partial charge in [-0.3, -0.25) is 9.59 Å². The summed E-state index contributed by atoms with van der Waals surface area (Å²) < 4.78 is 10.5. The Labute approximate surface area is 173 Å². The highest BCUT2D eigenvalue weighted by molar-refractivity contribution is 5.94. The van der Waals surface area contributed by atoms with Gasteiger partial charge in [0.1, 0.15) is 11.6 Å². The first-order chi connectivity index (χ1) is 14.6. The van der Waals surface area contributed by atoms with Crippen LogP contribution >= 0.6 is 0 Å². The van der Waals surface area contributed by atoms with Gasteiger partial charge in [-0.1, -0.05) is 6.07 Å². The van der Waals surface area contributed by atoms with Gasteiger partial charge in [-0.25, -0.2) is 9.97 Å². The van der Waals surface area contributed by atoms with Crippen LogP contribution in [-0.4, -0.2) is 53.1 Å². The van der Waals surface area contributed by atoms with Crippen LogP contribution in [0.2, 0.25) is 0 Å². The lowest BCUT2D eigenvalue weighted by atomic mass is 10.1. The van der Waals surface area contributed by atoms with Crippen molar-refractivity contribution >= 4 is 5.91 Å². The maximum Gasteiger partial charge on any atom is 0.254 e. The fourth-order valence-corrected chi connectivity index (χ4v) is 3.66. The van der Waals surface area contributed by atoms with E-state index in [9.17, 15) is 9.59 Å². The van der Waals surface area contributed by atoms with Gasteiger partial charge in [-0.15, -0.1) is 0 Å². The number of carbonyl (C=O) groups excluding carboxylic acids is 1. The number of aromatic amines is 1. The highest BCUT2D eigenvalue weighted by Crippen LogP contribution is 2.29. The number of aromatic nitrogens is 3. The molecule has 0 unspecified atom stereocenters. The Morgan fingerprint density at radius 1 is 1.17 bits per heavy atom. The number of nitrogens with one attached hydrogen (secondary N) is 1. The van der Waals surface area contributed by atoms with E-state index in [0.29, 0.717) is 53.8 Å². The molecule has 1 aliphatic heterocycles. The van der Waals surface area contributed by atoms with Crippen molar-refractivity contribution < 1.29 is 14.3 Å². The molecule has 0 radical (unpaired) electrons. The molecule has 30 heavy (non-hydrogen) atoms. The van der Waals surface area contributed by atoms with E-state index in [4.69, 9.17) is 9.47 Å². The summed E-state index contributed by atoms with van der Waals surface area (Å²) in [6.45, 7) is 1.07. The monoisotopic (exact) mass is 406 g/mol. The minimum atomic E-state index is -0.251. The van der Waals surface area contributed by atoms with Crippen LogP contribution in [0.25, 0.3) is 11.3 Å². The second-order valence-corrected chi connectivity index (χ2v) is 7.04. The molecular formula is C22H22N4O4. The Bertz CT molecular complexity index is 1130. The number of carbonyl (C=O) groups is 1. The third kappa shape index (κ3) is 3.89. The van der Waals surface area contributed by atoms with Crippen LogP contribution < -0.4 is 15.0 Å². The molecule has 1 N–H and O–H groups in total. The summed E-state index contributed by atoms with van der Waals surface area (Å²) in [7, 11) is 3.10. The van der Waals surface area contributed by atoms with E-state index in [1.807, 2.05) is 6.07 Å². The molecule has 0 bridgehead atoms. The number of nitrogens with zero attached hydrogens (tertiary/aromatic N) is 3. The zero-order chi connectivity index (χ0) is 21.1. The Hall–Kier alpha value is -3.68. The highest BCUT2D eigenvalue weighted by atomic mass is 16.5. The number of hydrogen-bond donors (Lipinski definition) is 1. The number of benzene rings is 1. The number of amides is 1. The third-order valence-electron chi connectivity index (χ3n) is 5.18. The SMILES string of the molecule is COc1cccc(C(=O)N2CC[C@H](c3nc(-c4cccnc4OC)cc(=O)[nH]3)C2)c1. The quantitative estimate of drug-likeness (QED) is 0.699. The summed E-state index contributed by atoms with van der Waals surface area (Å²) in [6, 6.07) is 12.1. The van der Waals surface area contributed by atoms with Crippen LogP contribution in [0.15, 0.2) is 53.5 Å². The van der Waals surface area contributed by atoms with Crippen LogP contribution in [0.1, 0.15) is 28.5 Å². The van der Waals surface area contributed by atoms with E-state index < -0.39 is 0 Å². The number of likely N-dealkylation sites (tertiary alicyclic amines) is 1.